The molecule has 1 aromatic heterocycles. The average Bonchev–Trinajstić information content (AvgIpc) is 2.87. The van der Waals surface area contributed by atoms with Gasteiger partial charge in [0.1, 0.15) is 5.82 Å². The van der Waals surface area contributed by atoms with Crippen molar-refractivity contribution in [1.82, 2.24) is 4.98 Å². The van der Waals surface area contributed by atoms with Crippen molar-refractivity contribution in [1.29, 1.82) is 0 Å². The van der Waals surface area contributed by atoms with E-state index in [1.165, 1.54) is 44.3 Å². The summed E-state index contributed by atoms with van der Waals surface area (Å²) in [6, 6.07) is 5.12. The summed E-state index contributed by atoms with van der Waals surface area (Å²) in [5.41, 5.74) is 1.35. The lowest BCUT2D eigenvalue weighted by molar-refractivity contribution is 0.362. The lowest BCUT2D eigenvalue weighted by Crippen LogP contribution is -2.42. The lowest BCUT2D eigenvalue weighted by atomic mass is 9.91. The Labute approximate surface area is 103 Å². The smallest absolute Gasteiger partial charge is 0.127 e. The van der Waals surface area contributed by atoms with Crippen LogP contribution in [0.3, 0.4) is 0 Å². The highest BCUT2D eigenvalue weighted by Crippen LogP contribution is 2.39. The first-order chi connectivity index (χ1) is 8.38. The second-order valence-corrected chi connectivity index (χ2v) is 5.24. The van der Waals surface area contributed by atoms with Crippen LogP contribution in [0.4, 0.5) is 11.5 Å². The van der Waals surface area contributed by atoms with Gasteiger partial charge in [0.05, 0.1) is 0 Å². The number of hydrogen-bond donors (Lipinski definition) is 1. The van der Waals surface area contributed by atoms with E-state index in [0.717, 1.165) is 17.8 Å². The van der Waals surface area contributed by atoms with E-state index in [2.05, 4.69) is 27.3 Å². The number of rotatable bonds is 2. The highest BCUT2D eigenvalue weighted by atomic mass is 15.2. The molecule has 2 heterocycles. The predicted octanol–water partition coefficient (Wildman–Crippen LogP) is 2.89. The van der Waals surface area contributed by atoms with Crippen LogP contribution in [0.5, 0.6) is 0 Å². The number of hydrogen-bond acceptors (Lipinski definition) is 3. The molecule has 2 aliphatic rings. The molecule has 2 fully saturated rings. The summed E-state index contributed by atoms with van der Waals surface area (Å²) in [4.78, 5) is 6.92. The Bertz CT molecular complexity index is 391. The highest BCUT2D eigenvalue weighted by Gasteiger charge is 2.34. The van der Waals surface area contributed by atoms with Gasteiger partial charge in [-0.2, -0.15) is 0 Å². The Morgan fingerprint density at radius 3 is 3.06 bits per heavy atom. The molecule has 1 aliphatic carbocycles. The molecule has 0 radical (unpaired) electrons. The Morgan fingerprint density at radius 1 is 1.29 bits per heavy atom. The largest absolute Gasteiger partial charge is 0.373 e. The molecule has 1 saturated carbocycles. The van der Waals surface area contributed by atoms with Crippen molar-refractivity contribution in [3.8, 4) is 0 Å². The van der Waals surface area contributed by atoms with Crippen LogP contribution in [0.15, 0.2) is 18.3 Å². The monoisotopic (exact) mass is 231 g/mol. The minimum Gasteiger partial charge on any atom is -0.373 e. The highest BCUT2D eigenvalue weighted by molar-refractivity contribution is 5.54. The minimum atomic E-state index is 0.788. The minimum absolute atomic E-state index is 0.788. The van der Waals surface area contributed by atoms with Crippen LogP contribution in [-0.2, 0) is 0 Å². The van der Waals surface area contributed by atoms with Crippen molar-refractivity contribution < 1.29 is 0 Å². The first-order valence-electron chi connectivity index (χ1n) is 6.79. The average molecular weight is 231 g/mol. The van der Waals surface area contributed by atoms with Gasteiger partial charge < -0.3 is 10.2 Å². The summed E-state index contributed by atoms with van der Waals surface area (Å²) in [7, 11) is 1.93. The Kier molecular flexibility index (Phi) is 2.91. The molecular formula is C14H21N3. The van der Waals surface area contributed by atoms with Crippen LogP contribution in [0.2, 0.25) is 0 Å². The molecule has 2 atom stereocenters. The molecule has 1 saturated heterocycles. The second kappa shape index (κ2) is 4.55. The zero-order valence-corrected chi connectivity index (χ0v) is 10.5. The van der Waals surface area contributed by atoms with E-state index >= 15 is 0 Å². The standard InChI is InChI=1S/C14H21N3/c1-15-14-10-12(7-8-16-14)17-9-3-5-11-4-2-6-13(11)17/h7-8,10-11,13H,2-6,9H2,1H3,(H,15,16). The normalized spacial score (nSPS) is 27.9. The Balaban J connectivity index is 1.86. The van der Waals surface area contributed by atoms with Gasteiger partial charge >= 0.3 is 0 Å². The van der Waals surface area contributed by atoms with Crippen LogP contribution in [0, 0.1) is 5.92 Å². The maximum absolute atomic E-state index is 4.30. The van der Waals surface area contributed by atoms with Crippen molar-refractivity contribution in [2.45, 2.75) is 38.1 Å². The van der Waals surface area contributed by atoms with Gasteiger partial charge in [0.25, 0.3) is 0 Å². The van der Waals surface area contributed by atoms with Crippen molar-refractivity contribution in [2.75, 3.05) is 23.8 Å². The van der Waals surface area contributed by atoms with Gasteiger partial charge in [0.15, 0.2) is 0 Å². The van der Waals surface area contributed by atoms with E-state index in [4.69, 9.17) is 0 Å². The number of nitrogens with one attached hydrogen (secondary N) is 1. The zero-order valence-electron chi connectivity index (χ0n) is 10.5. The van der Waals surface area contributed by atoms with Gasteiger partial charge in [-0.25, -0.2) is 4.98 Å². The molecule has 17 heavy (non-hydrogen) atoms. The predicted molar refractivity (Wildman–Crippen MR) is 71.5 cm³/mol. The summed E-state index contributed by atoms with van der Waals surface area (Å²) in [6.07, 6.45) is 8.92. The van der Waals surface area contributed by atoms with Crippen LogP contribution in [0.1, 0.15) is 32.1 Å². The van der Waals surface area contributed by atoms with E-state index in [9.17, 15) is 0 Å². The number of aromatic nitrogens is 1. The van der Waals surface area contributed by atoms with Crippen LogP contribution in [-0.4, -0.2) is 24.6 Å². The van der Waals surface area contributed by atoms with E-state index < -0.39 is 0 Å². The molecule has 3 rings (SSSR count). The van der Waals surface area contributed by atoms with Gasteiger partial charge in [-0.1, -0.05) is 6.42 Å². The van der Waals surface area contributed by atoms with Crippen molar-refractivity contribution in [3.63, 3.8) is 0 Å². The fraction of sp³-hybridized carbons (Fsp3) is 0.643. The first-order valence-corrected chi connectivity index (χ1v) is 6.79. The number of nitrogens with zero attached hydrogens (tertiary/aromatic N) is 2. The fourth-order valence-electron chi connectivity index (χ4n) is 3.51. The molecule has 0 amide bonds. The third-order valence-electron chi connectivity index (χ3n) is 4.32. The first kappa shape index (κ1) is 10.9. The topological polar surface area (TPSA) is 28.2 Å². The lowest BCUT2D eigenvalue weighted by Gasteiger charge is -2.39. The molecular weight excluding hydrogens is 210 g/mol. The summed E-state index contributed by atoms with van der Waals surface area (Å²) >= 11 is 0. The van der Waals surface area contributed by atoms with E-state index in [0.29, 0.717) is 0 Å². The van der Waals surface area contributed by atoms with E-state index in [1.807, 2.05) is 13.2 Å². The maximum Gasteiger partial charge on any atom is 0.127 e. The van der Waals surface area contributed by atoms with E-state index in [-0.39, 0.29) is 0 Å². The van der Waals surface area contributed by atoms with Gasteiger partial charge in [-0.15, -0.1) is 0 Å². The van der Waals surface area contributed by atoms with Crippen LogP contribution >= 0.6 is 0 Å². The SMILES string of the molecule is CNc1cc(N2CCCC3CCCC32)ccn1. The van der Waals surface area contributed by atoms with Gasteiger partial charge in [-0.3, -0.25) is 0 Å². The summed E-state index contributed by atoms with van der Waals surface area (Å²) < 4.78 is 0. The molecule has 1 aliphatic heterocycles. The maximum atomic E-state index is 4.30. The number of fused-ring (bicyclic) bond motifs is 1. The molecule has 2 unspecified atom stereocenters. The third-order valence-corrected chi connectivity index (χ3v) is 4.32. The fourth-order valence-corrected chi connectivity index (χ4v) is 3.51. The molecule has 0 aromatic carbocycles. The number of pyridine rings is 1. The van der Waals surface area contributed by atoms with Gasteiger partial charge in [-0.05, 0) is 37.7 Å². The molecule has 3 nitrogen and oxygen atoms in total. The molecule has 1 N–H and O–H groups in total. The van der Waals surface area contributed by atoms with Crippen LogP contribution < -0.4 is 10.2 Å². The van der Waals surface area contributed by atoms with E-state index in [1.54, 1.807) is 0 Å². The van der Waals surface area contributed by atoms with Crippen LogP contribution in [0.25, 0.3) is 0 Å². The quantitative estimate of drug-likeness (QED) is 0.848. The van der Waals surface area contributed by atoms with Crippen molar-refractivity contribution >= 4 is 11.5 Å². The van der Waals surface area contributed by atoms with Gasteiger partial charge in [0, 0.05) is 37.6 Å². The summed E-state index contributed by atoms with van der Waals surface area (Å²) in [5, 5.41) is 3.13. The second-order valence-electron chi connectivity index (χ2n) is 5.24. The Morgan fingerprint density at radius 2 is 2.18 bits per heavy atom. The molecule has 1 aromatic rings. The molecule has 0 spiro atoms. The molecule has 92 valence electrons. The number of piperidine rings is 1. The Hall–Kier alpha value is -1.25. The number of anilines is 2. The van der Waals surface area contributed by atoms with Gasteiger partial charge in [0.2, 0.25) is 0 Å². The molecule has 0 bridgehead atoms. The third kappa shape index (κ3) is 1.99. The summed E-state index contributed by atoms with van der Waals surface area (Å²) in [6.45, 7) is 1.22. The zero-order chi connectivity index (χ0) is 11.7. The summed E-state index contributed by atoms with van der Waals surface area (Å²) in [5.74, 6) is 1.91. The van der Waals surface area contributed by atoms with Crippen molar-refractivity contribution in [3.05, 3.63) is 18.3 Å². The molecule has 3 heteroatoms. The van der Waals surface area contributed by atoms with Crippen molar-refractivity contribution in [2.24, 2.45) is 5.92 Å².